The Bertz CT molecular complexity index is 1180. The zero-order valence-electron chi connectivity index (χ0n) is 19.0. The van der Waals surface area contributed by atoms with Crippen molar-refractivity contribution in [2.75, 3.05) is 28.2 Å². The number of benzene rings is 2. The molecule has 0 unspecified atom stereocenters. The predicted molar refractivity (Wildman–Crippen MR) is 134 cm³/mol. The van der Waals surface area contributed by atoms with Crippen LogP contribution in [0.2, 0.25) is 0 Å². The van der Waals surface area contributed by atoms with Gasteiger partial charge in [0.1, 0.15) is 5.82 Å². The summed E-state index contributed by atoms with van der Waals surface area (Å²) in [6.07, 6.45) is -2.17. The highest BCUT2D eigenvalue weighted by molar-refractivity contribution is 7.80. The summed E-state index contributed by atoms with van der Waals surface area (Å²) in [4.78, 5) is 12.2. The molecule has 0 spiro atoms. The molecular formula is C25H25F3N6S. The number of anilines is 3. The number of thiocarbonyl (C=S) groups is 1. The molecule has 1 fully saturated rings. The van der Waals surface area contributed by atoms with Crippen LogP contribution in [0.1, 0.15) is 35.2 Å². The van der Waals surface area contributed by atoms with Crippen LogP contribution in [-0.4, -0.2) is 28.2 Å². The van der Waals surface area contributed by atoms with E-state index >= 15 is 0 Å². The van der Waals surface area contributed by atoms with E-state index in [0.717, 1.165) is 35.8 Å². The molecule has 10 heteroatoms. The molecule has 2 aromatic carbocycles. The fraction of sp³-hybridized carbons (Fsp3) is 0.320. The molecule has 6 nitrogen and oxygen atoms in total. The maximum Gasteiger partial charge on any atom is 0.433 e. The van der Waals surface area contributed by atoms with Crippen molar-refractivity contribution in [3.05, 3.63) is 77.0 Å². The van der Waals surface area contributed by atoms with Gasteiger partial charge in [-0.1, -0.05) is 36.4 Å². The van der Waals surface area contributed by atoms with Gasteiger partial charge in [0.05, 0.1) is 0 Å². The first-order valence-corrected chi connectivity index (χ1v) is 11.9. The maximum absolute atomic E-state index is 13.6. The molecule has 0 saturated carbocycles. The molecule has 182 valence electrons. The summed E-state index contributed by atoms with van der Waals surface area (Å²) in [5, 5.41) is 5.91. The molecule has 0 amide bonds. The van der Waals surface area contributed by atoms with Crippen LogP contribution in [0.5, 0.6) is 0 Å². The van der Waals surface area contributed by atoms with Crippen LogP contribution in [0.3, 0.4) is 0 Å². The third-order valence-electron chi connectivity index (χ3n) is 6.25. The highest BCUT2D eigenvalue weighted by atomic mass is 32.1. The highest BCUT2D eigenvalue weighted by Gasteiger charge is 2.35. The molecule has 2 aliphatic heterocycles. The molecule has 5 rings (SSSR count). The number of nitrogens with one attached hydrogen (secondary N) is 2. The van der Waals surface area contributed by atoms with Crippen molar-refractivity contribution in [2.24, 2.45) is 0 Å². The number of hydrogen-bond acceptors (Lipinski definition) is 5. The largest absolute Gasteiger partial charge is 0.433 e. The van der Waals surface area contributed by atoms with Gasteiger partial charge in [-0.25, -0.2) is 4.98 Å². The van der Waals surface area contributed by atoms with Crippen LogP contribution in [0.15, 0.2) is 54.6 Å². The number of rotatable bonds is 5. The smallest absolute Gasteiger partial charge is 0.372 e. The number of hydrogen-bond donors (Lipinski definition) is 2. The van der Waals surface area contributed by atoms with E-state index in [1.165, 1.54) is 18.5 Å². The minimum atomic E-state index is -4.60. The van der Waals surface area contributed by atoms with Crippen LogP contribution in [0, 0.1) is 0 Å². The van der Waals surface area contributed by atoms with E-state index in [0.29, 0.717) is 19.6 Å². The Morgan fingerprint density at radius 3 is 2.20 bits per heavy atom. The maximum atomic E-state index is 13.6. The number of halogens is 3. The van der Waals surface area contributed by atoms with Crippen LogP contribution in [0.25, 0.3) is 0 Å². The van der Waals surface area contributed by atoms with Gasteiger partial charge >= 0.3 is 6.18 Å². The fourth-order valence-corrected chi connectivity index (χ4v) is 4.58. The molecule has 0 bridgehead atoms. The molecule has 3 aromatic rings. The quantitative estimate of drug-likeness (QED) is 0.475. The van der Waals surface area contributed by atoms with Crippen molar-refractivity contribution in [2.45, 2.75) is 38.7 Å². The Hall–Kier alpha value is -3.40. The lowest BCUT2D eigenvalue weighted by molar-refractivity contribution is -0.141. The van der Waals surface area contributed by atoms with E-state index in [1.807, 2.05) is 36.4 Å². The predicted octanol–water partition coefficient (Wildman–Crippen LogP) is 5.10. The molecule has 0 radical (unpaired) electrons. The van der Waals surface area contributed by atoms with Crippen LogP contribution in [-0.2, 0) is 25.8 Å². The first-order chi connectivity index (χ1) is 16.8. The summed E-state index contributed by atoms with van der Waals surface area (Å²) < 4.78 is 40.7. The average Bonchev–Trinajstić information content (AvgIpc) is 3.53. The van der Waals surface area contributed by atoms with Crippen molar-refractivity contribution >= 4 is 34.8 Å². The number of aromatic nitrogens is 2. The minimum absolute atomic E-state index is 0.156. The minimum Gasteiger partial charge on any atom is -0.372 e. The van der Waals surface area contributed by atoms with E-state index in [2.05, 4.69) is 37.6 Å². The number of alkyl halides is 3. The van der Waals surface area contributed by atoms with Gasteiger partial charge < -0.3 is 20.4 Å². The van der Waals surface area contributed by atoms with Crippen molar-refractivity contribution < 1.29 is 13.2 Å². The Balaban J connectivity index is 1.25. The van der Waals surface area contributed by atoms with E-state index < -0.39 is 11.9 Å². The number of fused-ring (bicyclic) bond motifs is 1. The zero-order chi connectivity index (χ0) is 24.4. The summed E-state index contributed by atoms with van der Waals surface area (Å²) in [6.45, 7) is 3.56. The van der Waals surface area contributed by atoms with Gasteiger partial charge in [0, 0.05) is 44.5 Å². The highest BCUT2D eigenvalue weighted by Crippen LogP contribution is 2.33. The lowest BCUT2D eigenvalue weighted by Gasteiger charge is -2.20. The monoisotopic (exact) mass is 498 g/mol. The summed E-state index contributed by atoms with van der Waals surface area (Å²) in [6, 6.07) is 17.0. The molecule has 2 aliphatic rings. The normalized spacial score (nSPS) is 15.3. The molecular weight excluding hydrogens is 473 g/mol. The number of nitrogens with zero attached hydrogens (tertiary/aromatic N) is 4. The van der Waals surface area contributed by atoms with Crippen LogP contribution < -0.4 is 20.4 Å². The Kier molecular flexibility index (Phi) is 6.46. The van der Waals surface area contributed by atoms with Gasteiger partial charge in [-0.3, -0.25) is 0 Å². The van der Waals surface area contributed by atoms with Gasteiger partial charge in [0.25, 0.3) is 0 Å². The van der Waals surface area contributed by atoms with E-state index in [1.54, 1.807) is 4.90 Å². The van der Waals surface area contributed by atoms with Gasteiger partial charge in [-0.05, 0) is 53.9 Å². The van der Waals surface area contributed by atoms with Crippen molar-refractivity contribution in [1.82, 2.24) is 15.3 Å². The topological polar surface area (TPSA) is 56.3 Å². The van der Waals surface area contributed by atoms with Crippen molar-refractivity contribution in [3.63, 3.8) is 0 Å². The van der Waals surface area contributed by atoms with Gasteiger partial charge in [-0.15, -0.1) is 0 Å². The third-order valence-corrected chi connectivity index (χ3v) is 6.50. The molecule has 3 heterocycles. The molecule has 0 atom stereocenters. The average molecular weight is 499 g/mol. The third kappa shape index (κ3) is 5.48. The Morgan fingerprint density at radius 1 is 0.914 bits per heavy atom. The van der Waals surface area contributed by atoms with E-state index in [4.69, 9.17) is 12.2 Å². The van der Waals surface area contributed by atoms with Gasteiger partial charge in [0.15, 0.2) is 10.8 Å². The molecule has 0 aliphatic carbocycles. The standard InChI is InChI=1S/C25H25F3N6S/c26-25(27,28)21-13-22(34-15-18-5-1-2-6-19(18)16-34)31-23(30-21)32-24(35)29-14-17-7-9-20(10-8-17)33-11-3-4-12-33/h1-2,5-10,13H,3-4,11-12,14-16H2,(H2,29,30,31,32,35). The molecule has 35 heavy (non-hydrogen) atoms. The second kappa shape index (κ2) is 9.69. The second-order valence-electron chi connectivity index (χ2n) is 8.73. The van der Waals surface area contributed by atoms with Gasteiger partial charge in [-0.2, -0.15) is 18.2 Å². The summed E-state index contributed by atoms with van der Waals surface area (Å²) in [5.41, 5.74) is 3.34. The lowest BCUT2D eigenvalue weighted by atomic mass is 10.1. The first-order valence-electron chi connectivity index (χ1n) is 11.5. The van der Waals surface area contributed by atoms with E-state index in [9.17, 15) is 13.2 Å². The zero-order valence-corrected chi connectivity index (χ0v) is 19.8. The van der Waals surface area contributed by atoms with Crippen molar-refractivity contribution in [3.8, 4) is 0 Å². The lowest BCUT2D eigenvalue weighted by Crippen LogP contribution is -2.29. The summed E-state index contributed by atoms with van der Waals surface area (Å²) in [7, 11) is 0. The second-order valence-corrected chi connectivity index (χ2v) is 9.13. The van der Waals surface area contributed by atoms with Crippen molar-refractivity contribution in [1.29, 1.82) is 0 Å². The molecule has 1 aromatic heterocycles. The summed E-state index contributed by atoms with van der Waals surface area (Å²) in [5.74, 6) is 0.0130. The molecule has 2 N–H and O–H groups in total. The first kappa shape index (κ1) is 23.3. The Morgan fingerprint density at radius 2 is 1.57 bits per heavy atom. The Labute approximate surface area is 207 Å². The van der Waals surface area contributed by atoms with Crippen LogP contribution in [0.4, 0.5) is 30.6 Å². The summed E-state index contributed by atoms with van der Waals surface area (Å²) >= 11 is 5.31. The van der Waals surface area contributed by atoms with E-state index in [-0.39, 0.29) is 16.9 Å². The SMILES string of the molecule is FC(F)(F)c1cc(N2Cc3ccccc3C2)nc(NC(=S)NCc2ccc(N3CCCC3)cc2)n1. The van der Waals surface area contributed by atoms with Gasteiger partial charge in [0.2, 0.25) is 5.95 Å². The fourth-order valence-electron chi connectivity index (χ4n) is 4.42. The molecule has 1 saturated heterocycles. The van der Waals surface area contributed by atoms with Crippen LogP contribution >= 0.6 is 12.2 Å².